The molecule has 4 aliphatic carbocycles. The number of anilines is 1. The summed E-state index contributed by atoms with van der Waals surface area (Å²) in [5.74, 6) is 1.96. The van der Waals surface area contributed by atoms with Crippen LogP contribution in [0.1, 0.15) is 38.5 Å². The van der Waals surface area contributed by atoms with Gasteiger partial charge in [-0.3, -0.25) is 4.79 Å². The number of amides is 1. The highest BCUT2D eigenvalue weighted by atomic mass is 32.2. The summed E-state index contributed by atoms with van der Waals surface area (Å²) in [6, 6.07) is 6.24. The van der Waals surface area contributed by atoms with E-state index in [1.165, 1.54) is 25.3 Å². The molecule has 0 aromatic heterocycles. The first-order valence-corrected chi connectivity index (χ1v) is 10.9. The quantitative estimate of drug-likeness (QED) is 0.685. The minimum Gasteiger partial charge on any atom is -0.331 e. The topological polar surface area (TPSA) is 101 Å². The number of para-hydroxylation sites is 1. The van der Waals surface area contributed by atoms with E-state index < -0.39 is 10.0 Å². The molecule has 1 aromatic carbocycles. The Labute approximate surface area is 159 Å². The van der Waals surface area contributed by atoms with Crippen molar-refractivity contribution in [3.05, 3.63) is 24.3 Å². The smallest absolute Gasteiger partial charge is 0.240 e. The molecule has 0 atom stereocenters. The van der Waals surface area contributed by atoms with Crippen molar-refractivity contribution in [2.45, 2.75) is 43.4 Å². The van der Waals surface area contributed by atoms with Gasteiger partial charge in [-0.25, -0.2) is 13.6 Å². The second-order valence-corrected chi connectivity index (χ2v) is 10.1. The van der Waals surface area contributed by atoms with Crippen LogP contribution < -0.4 is 15.8 Å². The molecular formula is C18H23N3O3S2. The molecule has 1 amide bonds. The Morgan fingerprint density at radius 1 is 1.08 bits per heavy atom. The first-order chi connectivity index (χ1) is 12.2. The van der Waals surface area contributed by atoms with Crippen LogP contribution in [0.2, 0.25) is 0 Å². The van der Waals surface area contributed by atoms with Crippen LogP contribution in [0.4, 0.5) is 5.69 Å². The van der Waals surface area contributed by atoms with E-state index in [4.69, 9.17) is 17.4 Å². The minimum absolute atomic E-state index is 0.0258. The van der Waals surface area contributed by atoms with Gasteiger partial charge in [0.05, 0.1) is 11.1 Å². The van der Waals surface area contributed by atoms with Gasteiger partial charge in [-0.2, -0.15) is 0 Å². The molecule has 4 N–H and O–H groups in total. The van der Waals surface area contributed by atoms with E-state index in [0.29, 0.717) is 17.8 Å². The predicted octanol–water partition coefficient (Wildman–Crippen LogP) is 2.36. The summed E-state index contributed by atoms with van der Waals surface area (Å²) in [6.45, 7) is 0. The Kier molecular flexibility index (Phi) is 4.32. The number of nitrogens with two attached hydrogens (primary N) is 1. The molecule has 0 heterocycles. The summed E-state index contributed by atoms with van der Waals surface area (Å²) in [5.41, 5.74) is -0.0363. The standard InChI is InChI=1S/C18H23N3O3S2/c19-26(23,24)15-4-2-1-3-14(15)20-17(25)21-16(22)18-8-11-5-12(9-18)7-13(6-11)10-18/h1-4,11-13H,5-10H2,(H2,19,23,24)(H2,20,21,22,25). The SMILES string of the molecule is NS(=O)(=O)c1ccccc1NC(=S)NC(=O)C12CC3CC(CC(C3)C1)C2. The lowest BCUT2D eigenvalue weighted by Crippen LogP contribution is -2.55. The molecule has 0 aliphatic heterocycles. The van der Waals surface area contributed by atoms with Crippen molar-refractivity contribution in [1.29, 1.82) is 0 Å². The number of hydrogen-bond donors (Lipinski definition) is 3. The second kappa shape index (κ2) is 6.28. The average molecular weight is 394 g/mol. The summed E-state index contributed by atoms with van der Waals surface area (Å²) in [4.78, 5) is 12.9. The molecule has 4 aliphatic rings. The van der Waals surface area contributed by atoms with Crippen LogP contribution >= 0.6 is 12.2 Å². The van der Waals surface area contributed by atoms with E-state index in [0.717, 1.165) is 19.3 Å². The highest BCUT2D eigenvalue weighted by Gasteiger charge is 2.54. The zero-order valence-corrected chi connectivity index (χ0v) is 16.0. The third kappa shape index (κ3) is 3.25. The Morgan fingerprint density at radius 2 is 1.62 bits per heavy atom. The molecule has 8 heteroatoms. The molecule has 6 nitrogen and oxygen atoms in total. The fourth-order valence-electron chi connectivity index (χ4n) is 5.60. The first kappa shape index (κ1) is 17.9. The van der Waals surface area contributed by atoms with E-state index in [-0.39, 0.29) is 27.0 Å². The van der Waals surface area contributed by atoms with Crippen LogP contribution in [0.15, 0.2) is 29.2 Å². The van der Waals surface area contributed by atoms with Crippen molar-refractivity contribution in [3.8, 4) is 0 Å². The fraction of sp³-hybridized carbons (Fsp3) is 0.556. The van der Waals surface area contributed by atoms with E-state index in [2.05, 4.69) is 10.6 Å². The highest BCUT2D eigenvalue weighted by molar-refractivity contribution is 7.89. The van der Waals surface area contributed by atoms with Gasteiger partial charge in [0.25, 0.3) is 0 Å². The van der Waals surface area contributed by atoms with Crippen LogP contribution in [0.25, 0.3) is 0 Å². The first-order valence-electron chi connectivity index (χ1n) is 8.99. The Bertz CT molecular complexity index is 831. The van der Waals surface area contributed by atoms with E-state index in [9.17, 15) is 13.2 Å². The molecule has 0 saturated heterocycles. The molecule has 0 spiro atoms. The van der Waals surface area contributed by atoms with Gasteiger partial charge in [0.2, 0.25) is 15.9 Å². The highest BCUT2D eigenvalue weighted by Crippen LogP contribution is 2.60. The largest absolute Gasteiger partial charge is 0.331 e. The van der Waals surface area contributed by atoms with Crippen LogP contribution in [-0.2, 0) is 14.8 Å². The van der Waals surface area contributed by atoms with Gasteiger partial charge in [0, 0.05) is 0 Å². The normalized spacial score (nSPS) is 32.3. The lowest BCUT2D eigenvalue weighted by atomic mass is 9.49. The van der Waals surface area contributed by atoms with Crippen LogP contribution in [-0.4, -0.2) is 19.4 Å². The lowest BCUT2D eigenvalue weighted by Gasteiger charge is -2.55. The molecule has 4 fully saturated rings. The maximum Gasteiger partial charge on any atom is 0.240 e. The molecular weight excluding hydrogens is 370 g/mol. The van der Waals surface area contributed by atoms with Gasteiger partial charge in [-0.15, -0.1) is 0 Å². The van der Waals surface area contributed by atoms with Crippen LogP contribution in [0.5, 0.6) is 0 Å². The van der Waals surface area contributed by atoms with Crippen molar-refractivity contribution >= 4 is 38.9 Å². The van der Waals surface area contributed by atoms with Crippen molar-refractivity contribution in [2.24, 2.45) is 28.3 Å². The summed E-state index contributed by atoms with van der Waals surface area (Å²) in [7, 11) is -3.88. The Morgan fingerprint density at radius 3 is 2.15 bits per heavy atom. The molecule has 4 saturated carbocycles. The van der Waals surface area contributed by atoms with Gasteiger partial charge >= 0.3 is 0 Å². The van der Waals surface area contributed by atoms with Crippen molar-refractivity contribution in [3.63, 3.8) is 0 Å². The van der Waals surface area contributed by atoms with Gasteiger partial charge < -0.3 is 10.6 Å². The third-order valence-corrected chi connectivity index (χ3v) is 7.36. The lowest BCUT2D eigenvalue weighted by molar-refractivity contribution is -0.144. The van der Waals surface area contributed by atoms with Crippen LogP contribution in [0, 0.1) is 23.2 Å². The third-order valence-electron chi connectivity index (χ3n) is 6.19. The second-order valence-electron chi connectivity index (χ2n) is 8.15. The summed E-state index contributed by atoms with van der Waals surface area (Å²) in [6.07, 6.45) is 6.62. The Balaban J connectivity index is 1.47. The van der Waals surface area contributed by atoms with Gasteiger partial charge in [-0.05, 0) is 80.6 Å². The number of sulfonamides is 1. The molecule has 26 heavy (non-hydrogen) atoms. The van der Waals surface area contributed by atoms with Crippen molar-refractivity contribution in [1.82, 2.24) is 5.32 Å². The summed E-state index contributed by atoms with van der Waals surface area (Å²) < 4.78 is 23.4. The predicted molar refractivity (Wildman–Crippen MR) is 103 cm³/mol. The summed E-state index contributed by atoms with van der Waals surface area (Å²) >= 11 is 5.27. The molecule has 5 rings (SSSR count). The zero-order valence-electron chi connectivity index (χ0n) is 14.4. The maximum atomic E-state index is 13.0. The molecule has 0 radical (unpaired) electrons. The number of carbonyl (C=O) groups excluding carboxylic acids is 1. The number of thiocarbonyl (C=S) groups is 1. The number of nitrogens with one attached hydrogen (secondary N) is 2. The summed E-state index contributed by atoms with van der Waals surface area (Å²) in [5, 5.41) is 11.0. The molecule has 1 aromatic rings. The minimum atomic E-state index is -3.88. The molecule has 4 bridgehead atoms. The Hall–Kier alpha value is -1.51. The number of primary sulfonamides is 1. The van der Waals surface area contributed by atoms with Gasteiger partial charge in [-0.1, -0.05) is 12.1 Å². The van der Waals surface area contributed by atoms with E-state index in [1.54, 1.807) is 18.2 Å². The van der Waals surface area contributed by atoms with Crippen LogP contribution in [0.3, 0.4) is 0 Å². The average Bonchev–Trinajstić information content (AvgIpc) is 2.53. The number of rotatable bonds is 3. The van der Waals surface area contributed by atoms with E-state index >= 15 is 0 Å². The zero-order chi connectivity index (χ0) is 18.5. The van der Waals surface area contributed by atoms with Gasteiger partial charge in [0.15, 0.2) is 5.11 Å². The fourth-order valence-corrected chi connectivity index (χ4v) is 6.49. The number of hydrogen-bond acceptors (Lipinski definition) is 4. The number of benzene rings is 1. The van der Waals surface area contributed by atoms with Gasteiger partial charge in [0.1, 0.15) is 4.90 Å². The maximum absolute atomic E-state index is 13.0. The van der Waals surface area contributed by atoms with E-state index in [1.807, 2.05) is 0 Å². The number of carbonyl (C=O) groups is 1. The van der Waals surface area contributed by atoms with Crippen molar-refractivity contribution in [2.75, 3.05) is 5.32 Å². The molecule has 0 unspecified atom stereocenters. The molecule has 140 valence electrons. The monoisotopic (exact) mass is 393 g/mol. The van der Waals surface area contributed by atoms with Crippen molar-refractivity contribution < 1.29 is 13.2 Å².